The van der Waals surface area contributed by atoms with Crippen LogP contribution in [0.15, 0.2) is 18.2 Å². The van der Waals surface area contributed by atoms with Crippen LogP contribution in [0.4, 0.5) is 18.9 Å². The number of anilines is 1. The molecule has 0 spiro atoms. The maximum atomic E-state index is 13.0. The number of nitrogens with one attached hydrogen (secondary N) is 1. The molecule has 2 atom stereocenters. The lowest BCUT2D eigenvalue weighted by molar-refractivity contribution is -0.137. The molecular weight excluding hydrogens is 279 g/mol. The SMILES string of the molecule is N#Cc1ccc(N2CCC3NCCC3C2)cc1C(F)(F)F. The summed E-state index contributed by atoms with van der Waals surface area (Å²) in [6.07, 6.45) is -2.47. The Morgan fingerprint density at radius 1 is 1.29 bits per heavy atom. The maximum Gasteiger partial charge on any atom is 0.417 e. The summed E-state index contributed by atoms with van der Waals surface area (Å²) >= 11 is 0. The summed E-state index contributed by atoms with van der Waals surface area (Å²) in [6, 6.07) is 6.13. The fourth-order valence-electron chi connectivity index (χ4n) is 3.34. The Bertz CT molecular complexity index is 577. The number of alkyl halides is 3. The molecule has 2 fully saturated rings. The molecule has 0 bridgehead atoms. The third-order valence-electron chi connectivity index (χ3n) is 4.45. The summed E-state index contributed by atoms with van der Waals surface area (Å²) in [5.74, 6) is 0.503. The molecule has 2 aliphatic rings. The van der Waals surface area contributed by atoms with Crippen LogP contribution in [-0.2, 0) is 6.18 Å². The molecule has 1 aromatic rings. The second-order valence-electron chi connectivity index (χ2n) is 5.68. The van der Waals surface area contributed by atoms with E-state index in [0.29, 0.717) is 17.6 Å². The maximum absolute atomic E-state index is 13.0. The standard InChI is InChI=1S/C15H16F3N3/c16-15(17,18)13-7-12(2-1-10(13)8-19)21-6-4-14-11(9-21)3-5-20-14/h1-2,7,11,14,20H,3-6,9H2. The Labute approximate surface area is 121 Å². The first kappa shape index (κ1) is 14.2. The Kier molecular flexibility index (Phi) is 3.54. The van der Waals surface area contributed by atoms with Crippen molar-refractivity contribution in [3.05, 3.63) is 29.3 Å². The fourth-order valence-corrected chi connectivity index (χ4v) is 3.34. The van der Waals surface area contributed by atoms with Gasteiger partial charge in [0.1, 0.15) is 0 Å². The lowest BCUT2D eigenvalue weighted by Gasteiger charge is -2.36. The molecule has 2 saturated heterocycles. The molecule has 0 aromatic heterocycles. The molecule has 2 heterocycles. The van der Waals surface area contributed by atoms with Crippen LogP contribution in [0.3, 0.4) is 0 Å². The van der Waals surface area contributed by atoms with E-state index in [1.54, 1.807) is 12.1 Å². The number of benzene rings is 1. The summed E-state index contributed by atoms with van der Waals surface area (Å²) < 4.78 is 39.1. The van der Waals surface area contributed by atoms with Gasteiger partial charge in [-0.05, 0) is 43.5 Å². The smallest absolute Gasteiger partial charge is 0.371 e. The molecule has 2 unspecified atom stereocenters. The van der Waals surface area contributed by atoms with Crippen molar-refractivity contribution in [2.75, 3.05) is 24.5 Å². The molecule has 0 aliphatic carbocycles. The molecule has 6 heteroatoms. The van der Waals surface area contributed by atoms with Crippen LogP contribution in [0.1, 0.15) is 24.0 Å². The number of nitrogens with zero attached hydrogens (tertiary/aromatic N) is 2. The van der Waals surface area contributed by atoms with E-state index >= 15 is 0 Å². The van der Waals surface area contributed by atoms with Crippen molar-refractivity contribution in [3.8, 4) is 6.07 Å². The van der Waals surface area contributed by atoms with E-state index in [2.05, 4.69) is 5.32 Å². The molecule has 112 valence electrons. The number of hydrogen-bond donors (Lipinski definition) is 1. The van der Waals surface area contributed by atoms with Crippen LogP contribution in [0.5, 0.6) is 0 Å². The first-order valence-corrected chi connectivity index (χ1v) is 7.08. The molecule has 1 N–H and O–H groups in total. The van der Waals surface area contributed by atoms with Crippen molar-refractivity contribution in [2.24, 2.45) is 5.92 Å². The van der Waals surface area contributed by atoms with Crippen molar-refractivity contribution in [3.63, 3.8) is 0 Å². The van der Waals surface area contributed by atoms with Crippen LogP contribution in [0.25, 0.3) is 0 Å². The van der Waals surface area contributed by atoms with Crippen molar-refractivity contribution in [1.29, 1.82) is 5.26 Å². The zero-order valence-electron chi connectivity index (χ0n) is 11.5. The molecule has 0 amide bonds. The monoisotopic (exact) mass is 295 g/mol. The lowest BCUT2D eigenvalue weighted by Crippen LogP contribution is -2.44. The van der Waals surface area contributed by atoms with Crippen LogP contribution in [-0.4, -0.2) is 25.7 Å². The highest BCUT2D eigenvalue weighted by molar-refractivity contribution is 5.55. The first-order chi connectivity index (χ1) is 9.99. The van der Waals surface area contributed by atoms with E-state index in [1.165, 1.54) is 6.07 Å². The first-order valence-electron chi connectivity index (χ1n) is 7.08. The highest BCUT2D eigenvalue weighted by Gasteiger charge is 2.36. The van der Waals surface area contributed by atoms with Gasteiger partial charge in [0.25, 0.3) is 0 Å². The summed E-state index contributed by atoms with van der Waals surface area (Å²) in [5, 5.41) is 12.3. The molecular formula is C15H16F3N3. The topological polar surface area (TPSA) is 39.1 Å². The molecule has 21 heavy (non-hydrogen) atoms. The summed E-state index contributed by atoms with van der Waals surface area (Å²) in [7, 11) is 0. The van der Waals surface area contributed by atoms with E-state index in [4.69, 9.17) is 5.26 Å². The van der Waals surface area contributed by atoms with Crippen molar-refractivity contribution in [2.45, 2.75) is 25.1 Å². The predicted octanol–water partition coefficient (Wildman–Crippen LogP) is 2.77. The van der Waals surface area contributed by atoms with Crippen LogP contribution >= 0.6 is 0 Å². The molecule has 3 rings (SSSR count). The van der Waals surface area contributed by atoms with E-state index in [9.17, 15) is 13.2 Å². The van der Waals surface area contributed by atoms with Gasteiger partial charge >= 0.3 is 6.18 Å². The van der Waals surface area contributed by atoms with E-state index in [-0.39, 0.29) is 5.56 Å². The second kappa shape index (κ2) is 5.23. The number of nitriles is 1. The number of piperidine rings is 1. The Morgan fingerprint density at radius 3 is 2.81 bits per heavy atom. The Hall–Kier alpha value is -1.74. The van der Waals surface area contributed by atoms with Gasteiger partial charge in [-0.3, -0.25) is 0 Å². The molecule has 3 nitrogen and oxygen atoms in total. The summed E-state index contributed by atoms with van der Waals surface area (Å²) in [6.45, 7) is 2.52. The number of rotatable bonds is 1. The number of halogens is 3. The van der Waals surface area contributed by atoms with E-state index in [1.807, 2.05) is 4.90 Å². The van der Waals surface area contributed by atoms with Gasteiger partial charge in [-0.25, -0.2) is 0 Å². The highest BCUT2D eigenvalue weighted by atomic mass is 19.4. The van der Waals surface area contributed by atoms with Gasteiger partial charge in [0.2, 0.25) is 0 Å². The zero-order valence-corrected chi connectivity index (χ0v) is 11.5. The average Bonchev–Trinajstić information content (AvgIpc) is 2.93. The van der Waals surface area contributed by atoms with Gasteiger partial charge in [-0.2, -0.15) is 18.4 Å². The van der Waals surface area contributed by atoms with Gasteiger partial charge in [0.05, 0.1) is 17.2 Å². The lowest BCUT2D eigenvalue weighted by atomic mass is 9.92. The molecule has 0 saturated carbocycles. The van der Waals surface area contributed by atoms with Gasteiger partial charge in [-0.1, -0.05) is 0 Å². The van der Waals surface area contributed by atoms with Crippen LogP contribution in [0.2, 0.25) is 0 Å². The molecule has 0 radical (unpaired) electrons. The second-order valence-corrected chi connectivity index (χ2v) is 5.68. The molecule has 2 aliphatic heterocycles. The minimum absolute atomic E-state index is 0.316. The zero-order chi connectivity index (χ0) is 15.0. The normalized spacial score (nSPS) is 25.5. The Morgan fingerprint density at radius 2 is 2.10 bits per heavy atom. The molecule has 1 aromatic carbocycles. The highest BCUT2D eigenvalue weighted by Crippen LogP contribution is 2.36. The van der Waals surface area contributed by atoms with Gasteiger partial charge in [0.15, 0.2) is 0 Å². The van der Waals surface area contributed by atoms with Crippen molar-refractivity contribution in [1.82, 2.24) is 5.32 Å². The Balaban J connectivity index is 1.88. The average molecular weight is 295 g/mol. The third-order valence-corrected chi connectivity index (χ3v) is 4.45. The van der Waals surface area contributed by atoms with Crippen LogP contribution in [0, 0.1) is 17.2 Å². The van der Waals surface area contributed by atoms with Crippen molar-refractivity contribution < 1.29 is 13.2 Å². The van der Waals surface area contributed by atoms with Gasteiger partial charge in [-0.15, -0.1) is 0 Å². The summed E-state index contributed by atoms with van der Waals surface area (Å²) in [5.41, 5.74) is -0.593. The third kappa shape index (κ3) is 2.70. The fraction of sp³-hybridized carbons (Fsp3) is 0.533. The van der Waals surface area contributed by atoms with Crippen molar-refractivity contribution >= 4 is 5.69 Å². The van der Waals surface area contributed by atoms with E-state index < -0.39 is 11.7 Å². The minimum atomic E-state index is -4.49. The summed E-state index contributed by atoms with van der Waals surface area (Å²) in [4.78, 5) is 2.00. The number of fused-ring (bicyclic) bond motifs is 1. The minimum Gasteiger partial charge on any atom is -0.371 e. The van der Waals surface area contributed by atoms with Crippen LogP contribution < -0.4 is 10.2 Å². The van der Waals surface area contributed by atoms with E-state index in [0.717, 1.165) is 38.5 Å². The van der Waals surface area contributed by atoms with Gasteiger partial charge in [0, 0.05) is 24.8 Å². The predicted molar refractivity (Wildman–Crippen MR) is 72.9 cm³/mol. The largest absolute Gasteiger partial charge is 0.417 e. The van der Waals surface area contributed by atoms with Gasteiger partial charge < -0.3 is 10.2 Å². The quantitative estimate of drug-likeness (QED) is 0.866. The number of hydrogen-bond acceptors (Lipinski definition) is 3.